The summed E-state index contributed by atoms with van der Waals surface area (Å²) in [7, 11) is 4.08. The molecule has 0 spiro atoms. The summed E-state index contributed by atoms with van der Waals surface area (Å²) in [5.74, 6) is 0.909. The average Bonchev–Trinajstić information content (AvgIpc) is 3.55. The van der Waals surface area contributed by atoms with Gasteiger partial charge in [0.2, 0.25) is 0 Å². The smallest absolute Gasteiger partial charge is 0.174 e. The summed E-state index contributed by atoms with van der Waals surface area (Å²) in [6.45, 7) is 0.654. The lowest BCUT2D eigenvalue weighted by atomic mass is 10.0. The third kappa shape index (κ3) is 3.76. The Hall–Kier alpha value is -3.58. The van der Waals surface area contributed by atoms with Crippen molar-refractivity contribution in [3.05, 3.63) is 103 Å². The standard InChI is InChI=1S/C25H25N5OS/c1-28(2)18-10-12-19(13-11-18)30-24(23(27-25(30)32)21-8-3-4-14-26-21)22-9-5-15-29(22)17-20-7-6-16-31-20/h3-16,23-24H,17H2,1-2H3,(H,27,32)/t23-,24+/m1/s1. The SMILES string of the molecule is CN(C)c1ccc(N2C(=S)N[C@H](c3ccccn3)[C@@H]2c2cccn2Cc2ccco2)cc1. The van der Waals surface area contributed by atoms with E-state index in [1.807, 2.05) is 50.6 Å². The lowest BCUT2D eigenvalue weighted by molar-refractivity contribution is 0.475. The van der Waals surface area contributed by atoms with Gasteiger partial charge in [0, 0.05) is 43.6 Å². The number of furan rings is 1. The number of hydrogen-bond donors (Lipinski definition) is 1. The van der Waals surface area contributed by atoms with E-state index in [2.05, 4.69) is 67.3 Å². The number of hydrogen-bond acceptors (Lipinski definition) is 4. The van der Waals surface area contributed by atoms with Crippen LogP contribution in [0.4, 0.5) is 11.4 Å². The van der Waals surface area contributed by atoms with E-state index in [-0.39, 0.29) is 12.1 Å². The van der Waals surface area contributed by atoms with Crippen LogP contribution in [0.15, 0.2) is 89.8 Å². The number of nitrogens with zero attached hydrogens (tertiary/aromatic N) is 4. The van der Waals surface area contributed by atoms with Crippen molar-refractivity contribution in [2.75, 3.05) is 23.9 Å². The molecule has 4 heterocycles. The van der Waals surface area contributed by atoms with Gasteiger partial charge in [0.25, 0.3) is 0 Å². The molecule has 3 aromatic heterocycles. The molecule has 0 radical (unpaired) electrons. The number of aromatic nitrogens is 2. The topological polar surface area (TPSA) is 49.5 Å². The minimum Gasteiger partial charge on any atom is -0.467 e. The second-order valence-electron chi connectivity index (χ2n) is 8.05. The molecule has 32 heavy (non-hydrogen) atoms. The molecule has 2 atom stereocenters. The molecule has 7 heteroatoms. The van der Waals surface area contributed by atoms with Gasteiger partial charge in [-0.3, -0.25) is 4.98 Å². The van der Waals surface area contributed by atoms with Crippen molar-refractivity contribution in [2.45, 2.75) is 18.6 Å². The molecule has 6 nitrogen and oxygen atoms in total. The average molecular weight is 444 g/mol. The fourth-order valence-corrected chi connectivity index (χ4v) is 4.60. The van der Waals surface area contributed by atoms with E-state index in [0.29, 0.717) is 11.7 Å². The first-order valence-electron chi connectivity index (χ1n) is 10.6. The minimum atomic E-state index is -0.0810. The fourth-order valence-electron chi connectivity index (χ4n) is 4.26. The highest BCUT2D eigenvalue weighted by Gasteiger charge is 2.42. The van der Waals surface area contributed by atoms with Gasteiger partial charge in [-0.1, -0.05) is 6.07 Å². The van der Waals surface area contributed by atoms with Crippen molar-refractivity contribution in [1.29, 1.82) is 0 Å². The van der Waals surface area contributed by atoms with Crippen LogP contribution in [0.3, 0.4) is 0 Å². The molecule has 5 rings (SSSR count). The molecular formula is C25H25N5OS. The van der Waals surface area contributed by atoms with Gasteiger partial charge in [-0.15, -0.1) is 0 Å². The van der Waals surface area contributed by atoms with Crippen LogP contribution in [0.25, 0.3) is 0 Å². The molecule has 1 N–H and O–H groups in total. The van der Waals surface area contributed by atoms with Crippen molar-refractivity contribution >= 4 is 28.7 Å². The van der Waals surface area contributed by atoms with Gasteiger partial charge in [-0.05, 0) is 72.9 Å². The number of pyridine rings is 1. The maximum absolute atomic E-state index is 5.84. The molecule has 1 aromatic carbocycles. The maximum Gasteiger partial charge on any atom is 0.174 e. The van der Waals surface area contributed by atoms with Crippen molar-refractivity contribution < 1.29 is 4.42 Å². The lowest BCUT2D eigenvalue weighted by Gasteiger charge is -2.29. The molecule has 1 aliphatic rings. The normalized spacial score (nSPS) is 18.1. The molecule has 0 aliphatic carbocycles. The van der Waals surface area contributed by atoms with Gasteiger partial charge < -0.3 is 24.1 Å². The van der Waals surface area contributed by atoms with Crippen LogP contribution < -0.4 is 15.1 Å². The summed E-state index contributed by atoms with van der Waals surface area (Å²) in [6, 6.07) is 22.5. The maximum atomic E-state index is 5.84. The fraction of sp³-hybridized carbons (Fsp3) is 0.200. The van der Waals surface area contributed by atoms with E-state index < -0.39 is 0 Å². The Kier molecular flexibility index (Phi) is 5.41. The first-order valence-corrected chi connectivity index (χ1v) is 11.0. The van der Waals surface area contributed by atoms with Crippen molar-refractivity contribution in [3.63, 3.8) is 0 Å². The Labute approximate surface area is 193 Å². The molecule has 1 fully saturated rings. The second kappa shape index (κ2) is 8.51. The van der Waals surface area contributed by atoms with E-state index in [1.54, 1.807) is 6.26 Å². The van der Waals surface area contributed by atoms with Gasteiger partial charge >= 0.3 is 0 Å². The third-order valence-electron chi connectivity index (χ3n) is 5.82. The van der Waals surface area contributed by atoms with Crippen LogP contribution in [0.1, 0.15) is 29.2 Å². The van der Waals surface area contributed by atoms with Crippen LogP contribution in [-0.2, 0) is 6.54 Å². The summed E-state index contributed by atoms with van der Waals surface area (Å²) < 4.78 is 7.83. The summed E-state index contributed by atoms with van der Waals surface area (Å²) in [5.41, 5.74) is 4.28. The largest absolute Gasteiger partial charge is 0.467 e. The Morgan fingerprint density at radius 3 is 2.56 bits per heavy atom. The van der Waals surface area contributed by atoms with Crippen molar-refractivity contribution in [1.82, 2.24) is 14.9 Å². The molecule has 0 amide bonds. The van der Waals surface area contributed by atoms with E-state index >= 15 is 0 Å². The molecular weight excluding hydrogens is 418 g/mol. The lowest BCUT2D eigenvalue weighted by Crippen LogP contribution is -2.30. The highest BCUT2D eigenvalue weighted by Crippen LogP contribution is 2.42. The summed E-state index contributed by atoms with van der Waals surface area (Å²) in [5, 5.41) is 4.22. The number of rotatable bonds is 6. The third-order valence-corrected chi connectivity index (χ3v) is 6.13. The Balaban J connectivity index is 1.58. The molecule has 0 bridgehead atoms. The van der Waals surface area contributed by atoms with Crippen LogP contribution in [0.2, 0.25) is 0 Å². The molecule has 4 aromatic rings. The Morgan fingerprint density at radius 2 is 1.88 bits per heavy atom. The molecule has 1 saturated heterocycles. The predicted molar refractivity (Wildman–Crippen MR) is 131 cm³/mol. The first kappa shape index (κ1) is 20.3. The molecule has 162 valence electrons. The van der Waals surface area contributed by atoms with Crippen LogP contribution in [-0.4, -0.2) is 28.8 Å². The van der Waals surface area contributed by atoms with E-state index in [4.69, 9.17) is 16.6 Å². The highest BCUT2D eigenvalue weighted by atomic mass is 32.1. The Morgan fingerprint density at radius 1 is 1.03 bits per heavy atom. The summed E-state index contributed by atoms with van der Waals surface area (Å²) in [4.78, 5) is 8.93. The number of anilines is 2. The second-order valence-corrected chi connectivity index (χ2v) is 8.43. The van der Waals surface area contributed by atoms with Gasteiger partial charge in [0.05, 0.1) is 24.5 Å². The van der Waals surface area contributed by atoms with Crippen molar-refractivity contribution in [2.24, 2.45) is 0 Å². The summed E-state index contributed by atoms with van der Waals surface area (Å²) >= 11 is 5.84. The zero-order chi connectivity index (χ0) is 22.1. The van der Waals surface area contributed by atoms with Crippen LogP contribution in [0.5, 0.6) is 0 Å². The number of thiocarbonyl (C=S) groups is 1. The van der Waals surface area contributed by atoms with E-state index in [1.165, 1.54) is 0 Å². The Bertz CT molecular complexity index is 1180. The van der Waals surface area contributed by atoms with Gasteiger partial charge in [0.1, 0.15) is 11.8 Å². The molecule has 1 aliphatic heterocycles. The van der Waals surface area contributed by atoms with E-state index in [9.17, 15) is 0 Å². The zero-order valence-electron chi connectivity index (χ0n) is 18.1. The van der Waals surface area contributed by atoms with Crippen LogP contribution in [0, 0.1) is 0 Å². The predicted octanol–water partition coefficient (Wildman–Crippen LogP) is 4.77. The van der Waals surface area contributed by atoms with Crippen molar-refractivity contribution in [3.8, 4) is 0 Å². The number of nitrogens with one attached hydrogen (secondary N) is 1. The molecule has 0 saturated carbocycles. The van der Waals surface area contributed by atoms with Gasteiger partial charge in [-0.2, -0.15) is 0 Å². The highest BCUT2D eigenvalue weighted by molar-refractivity contribution is 7.80. The molecule has 0 unspecified atom stereocenters. The quantitative estimate of drug-likeness (QED) is 0.433. The minimum absolute atomic E-state index is 0.0624. The van der Waals surface area contributed by atoms with Gasteiger partial charge in [0.15, 0.2) is 5.11 Å². The van der Waals surface area contributed by atoms with Gasteiger partial charge in [-0.25, -0.2) is 0 Å². The first-order chi connectivity index (χ1) is 15.6. The zero-order valence-corrected chi connectivity index (χ0v) is 18.9. The number of benzene rings is 1. The van der Waals surface area contributed by atoms with E-state index in [0.717, 1.165) is 28.5 Å². The summed E-state index contributed by atoms with van der Waals surface area (Å²) in [6.07, 6.45) is 5.62. The monoisotopic (exact) mass is 443 g/mol. The van der Waals surface area contributed by atoms with Crippen LogP contribution >= 0.6 is 12.2 Å².